The van der Waals surface area contributed by atoms with Crippen LogP contribution in [0.25, 0.3) is 6.08 Å². The molecular formula is C24H23FN2O4. The second kappa shape index (κ2) is 8.06. The molecule has 160 valence electrons. The number of ether oxygens (including phenoxy) is 2. The van der Waals surface area contributed by atoms with E-state index in [1.54, 1.807) is 29.2 Å². The van der Waals surface area contributed by atoms with E-state index in [1.807, 2.05) is 23.1 Å². The van der Waals surface area contributed by atoms with Gasteiger partial charge in [0.15, 0.2) is 11.5 Å². The van der Waals surface area contributed by atoms with Crippen molar-refractivity contribution in [3.8, 4) is 11.5 Å². The lowest BCUT2D eigenvalue weighted by atomic mass is 10.1. The van der Waals surface area contributed by atoms with Gasteiger partial charge in [-0.15, -0.1) is 0 Å². The van der Waals surface area contributed by atoms with E-state index in [2.05, 4.69) is 0 Å². The van der Waals surface area contributed by atoms with E-state index >= 15 is 0 Å². The smallest absolute Gasteiger partial charge is 0.246 e. The highest BCUT2D eigenvalue weighted by atomic mass is 19.1. The zero-order chi connectivity index (χ0) is 21.4. The SMILES string of the molecule is O=C(C=Cc1ccc2c(c1)OCO2)N1CCN(C(=O)C2CC2c2ccc(F)cc2)CC1. The summed E-state index contributed by atoms with van der Waals surface area (Å²) in [7, 11) is 0. The third-order valence-electron chi connectivity index (χ3n) is 6.12. The number of hydrogen-bond acceptors (Lipinski definition) is 4. The van der Waals surface area contributed by atoms with E-state index in [0.29, 0.717) is 37.7 Å². The van der Waals surface area contributed by atoms with Gasteiger partial charge in [0.05, 0.1) is 0 Å². The number of fused-ring (bicyclic) bond motifs is 1. The van der Waals surface area contributed by atoms with Gasteiger partial charge in [0.1, 0.15) is 5.82 Å². The number of carbonyl (C=O) groups is 2. The van der Waals surface area contributed by atoms with Crippen LogP contribution in [0.5, 0.6) is 11.5 Å². The van der Waals surface area contributed by atoms with Gasteiger partial charge >= 0.3 is 0 Å². The first-order valence-corrected chi connectivity index (χ1v) is 10.5. The summed E-state index contributed by atoms with van der Waals surface area (Å²) in [6.07, 6.45) is 4.13. The topological polar surface area (TPSA) is 59.1 Å². The molecule has 2 aromatic carbocycles. The van der Waals surface area contributed by atoms with Crippen molar-refractivity contribution in [2.24, 2.45) is 5.92 Å². The van der Waals surface area contributed by atoms with Crippen LogP contribution in [0.1, 0.15) is 23.5 Å². The summed E-state index contributed by atoms with van der Waals surface area (Å²) in [5, 5.41) is 0. The normalized spacial score (nSPS) is 22.1. The molecule has 7 heteroatoms. The average Bonchev–Trinajstić information content (AvgIpc) is 3.46. The Morgan fingerprint density at radius 2 is 1.65 bits per heavy atom. The van der Waals surface area contributed by atoms with E-state index in [-0.39, 0.29) is 36.3 Å². The molecule has 2 fully saturated rings. The van der Waals surface area contributed by atoms with E-state index < -0.39 is 0 Å². The monoisotopic (exact) mass is 422 g/mol. The van der Waals surface area contributed by atoms with Gasteiger partial charge in [0.25, 0.3) is 0 Å². The molecule has 2 aliphatic heterocycles. The van der Waals surface area contributed by atoms with Crippen molar-refractivity contribution in [2.75, 3.05) is 33.0 Å². The molecule has 0 spiro atoms. The predicted molar refractivity (Wildman–Crippen MR) is 112 cm³/mol. The molecule has 1 saturated heterocycles. The van der Waals surface area contributed by atoms with Crippen LogP contribution in [0.2, 0.25) is 0 Å². The summed E-state index contributed by atoms with van der Waals surface area (Å²) in [5.41, 5.74) is 1.88. The van der Waals surface area contributed by atoms with Crippen molar-refractivity contribution in [2.45, 2.75) is 12.3 Å². The Balaban J connectivity index is 1.12. The molecule has 3 aliphatic rings. The second-order valence-corrected chi connectivity index (χ2v) is 8.10. The fourth-order valence-corrected chi connectivity index (χ4v) is 4.22. The minimum Gasteiger partial charge on any atom is -0.454 e. The van der Waals surface area contributed by atoms with Crippen molar-refractivity contribution in [1.29, 1.82) is 0 Å². The van der Waals surface area contributed by atoms with E-state index in [0.717, 1.165) is 17.5 Å². The Kier molecular flexibility index (Phi) is 5.10. The molecule has 2 unspecified atom stereocenters. The number of carbonyl (C=O) groups excluding carboxylic acids is 2. The first kappa shape index (κ1) is 19.6. The summed E-state index contributed by atoms with van der Waals surface area (Å²) in [6.45, 7) is 2.33. The van der Waals surface area contributed by atoms with E-state index in [4.69, 9.17) is 9.47 Å². The van der Waals surface area contributed by atoms with Crippen LogP contribution in [0.15, 0.2) is 48.5 Å². The number of nitrogens with zero attached hydrogens (tertiary/aromatic N) is 2. The largest absolute Gasteiger partial charge is 0.454 e. The van der Waals surface area contributed by atoms with Gasteiger partial charge in [0.2, 0.25) is 18.6 Å². The molecule has 31 heavy (non-hydrogen) atoms. The molecule has 0 radical (unpaired) electrons. The van der Waals surface area contributed by atoms with Crippen LogP contribution in [0.3, 0.4) is 0 Å². The Morgan fingerprint density at radius 1 is 0.935 bits per heavy atom. The first-order chi connectivity index (χ1) is 15.1. The number of piperazine rings is 1. The zero-order valence-electron chi connectivity index (χ0n) is 17.0. The third kappa shape index (κ3) is 4.13. The van der Waals surface area contributed by atoms with Crippen LogP contribution in [-0.4, -0.2) is 54.6 Å². The van der Waals surface area contributed by atoms with Gasteiger partial charge < -0.3 is 19.3 Å². The summed E-state index contributed by atoms with van der Waals surface area (Å²) < 4.78 is 23.7. The summed E-state index contributed by atoms with van der Waals surface area (Å²) in [4.78, 5) is 29.0. The van der Waals surface area contributed by atoms with Crippen LogP contribution in [0, 0.1) is 11.7 Å². The standard InChI is InChI=1S/C24H23FN2O4/c25-18-5-3-17(4-6-18)19-14-20(19)24(29)27-11-9-26(10-12-27)23(28)8-2-16-1-7-21-22(13-16)31-15-30-21/h1-8,13,19-20H,9-12,14-15H2. The lowest BCUT2D eigenvalue weighted by Crippen LogP contribution is -2.50. The first-order valence-electron chi connectivity index (χ1n) is 10.5. The number of benzene rings is 2. The molecule has 2 atom stereocenters. The fourth-order valence-electron chi connectivity index (χ4n) is 4.22. The lowest BCUT2D eigenvalue weighted by Gasteiger charge is -2.34. The van der Waals surface area contributed by atoms with Crippen molar-refractivity contribution in [3.63, 3.8) is 0 Å². The molecule has 5 rings (SSSR count). The minimum atomic E-state index is -0.263. The van der Waals surface area contributed by atoms with Crippen LogP contribution in [-0.2, 0) is 9.59 Å². The summed E-state index contributed by atoms with van der Waals surface area (Å²) >= 11 is 0. The molecule has 0 N–H and O–H groups in total. The van der Waals surface area contributed by atoms with Gasteiger partial charge in [0, 0.05) is 38.2 Å². The summed E-state index contributed by atoms with van der Waals surface area (Å²) in [5.74, 6) is 1.34. The molecule has 1 saturated carbocycles. The maximum absolute atomic E-state index is 13.1. The van der Waals surface area contributed by atoms with Crippen LogP contribution >= 0.6 is 0 Å². The zero-order valence-corrected chi connectivity index (χ0v) is 17.0. The fraction of sp³-hybridized carbons (Fsp3) is 0.333. The Labute approximate surface area is 179 Å². The highest BCUT2D eigenvalue weighted by Crippen LogP contribution is 2.48. The van der Waals surface area contributed by atoms with E-state index in [9.17, 15) is 14.0 Å². The Morgan fingerprint density at radius 3 is 2.42 bits per heavy atom. The Hall–Kier alpha value is -3.35. The van der Waals surface area contributed by atoms with Crippen molar-refractivity contribution in [3.05, 3.63) is 65.5 Å². The number of amides is 2. The number of hydrogen-bond donors (Lipinski definition) is 0. The average molecular weight is 422 g/mol. The number of rotatable bonds is 4. The van der Waals surface area contributed by atoms with Crippen molar-refractivity contribution < 1.29 is 23.5 Å². The Bertz CT molecular complexity index is 1030. The molecule has 1 aliphatic carbocycles. The van der Waals surface area contributed by atoms with Crippen LogP contribution in [0.4, 0.5) is 4.39 Å². The summed E-state index contributed by atoms with van der Waals surface area (Å²) in [6, 6.07) is 11.9. The quantitative estimate of drug-likeness (QED) is 0.711. The van der Waals surface area contributed by atoms with Crippen molar-refractivity contribution in [1.82, 2.24) is 9.80 Å². The van der Waals surface area contributed by atoms with Crippen LogP contribution < -0.4 is 9.47 Å². The molecule has 0 aromatic heterocycles. The van der Waals surface area contributed by atoms with Gasteiger partial charge in [-0.3, -0.25) is 9.59 Å². The lowest BCUT2D eigenvalue weighted by molar-refractivity contribution is -0.138. The predicted octanol–water partition coefficient (Wildman–Crippen LogP) is 3.04. The molecule has 2 heterocycles. The second-order valence-electron chi connectivity index (χ2n) is 8.10. The number of halogens is 1. The van der Waals surface area contributed by atoms with Gasteiger partial charge in [-0.2, -0.15) is 0 Å². The molecule has 6 nitrogen and oxygen atoms in total. The van der Waals surface area contributed by atoms with Crippen molar-refractivity contribution >= 4 is 17.9 Å². The third-order valence-corrected chi connectivity index (χ3v) is 6.12. The maximum atomic E-state index is 13.1. The molecule has 0 bridgehead atoms. The minimum absolute atomic E-state index is 0.0291. The van der Waals surface area contributed by atoms with Gasteiger partial charge in [-0.1, -0.05) is 18.2 Å². The highest BCUT2D eigenvalue weighted by Gasteiger charge is 2.46. The van der Waals surface area contributed by atoms with E-state index in [1.165, 1.54) is 12.1 Å². The van der Waals surface area contributed by atoms with Gasteiger partial charge in [-0.25, -0.2) is 4.39 Å². The molecular weight excluding hydrogens is 399 g/mol. The van der Waals surface area contributed by atoms with Gasteiger partial charge in [-0.05, 0) is 53.8 Å². The molecule has 2 amide bonds. The molecule has 2 aromatic rings. The maximum Gasteiger partial charge on any atom is 0.246 e. The highest BCUT2D eigenvalue weighted by molar-refractivity contribution is 5.92.